The third-order valence-electron chi connectivity index (χ3n) is 5.23. The molecule has 1 N–H and O–H groups in total. The van der Waals surface area contributed by atoms with Crippen LogP contribution in [0.2, 0.25) is 0 Å². The van der Waals surface area contributed by atoms with E-state index in [1.165, 1.54) is 10.5 Å². The van der Waals surface area contributed by atoms with Crippen molar-refractivity contribution in [3.05, 3.63) is 45.9 Å². The van der Waals surface area contributed by atoms with Crippen LogP contribution >= 0.6 is 0 Å². The quantitative estimate of drug-likeness (QED) is 0.573. The van der Waals surface area contributed by atoms with Gasteiger partial charge in [-0.05, 0) is 31.1 Å². The molecule has 9 nitrogen and oxygen atoms in total. The van der Waals surface area contributed by atoms with E-state index in [2.05, 4.69) is 10.3 Å². The van der Waals surface area contributed by atoms with Crippen molar-refractivity contribution in [3.63, 3.8) is 0 Å². The van der Waals surface area contributed by atoms with Gasteiger partial charge in [0.05, 0.1) is 24.9 Å². The monoisotopic (exact) mass is 409 g/mol. The first-order valence-corrected chi connectivity index (χ1v) is 10.0. The Hall–Kier alpha value is -3.22. The molecule has 0 saturated carbocycles. The number of hydrogen-bond acceptors (Lipinski definition) is 7. The maximum absolute atomic E-state index is 13.2. The van der Waals surface area contributed by atoms with Gasteiger partial charge in [0.1, 0.15) is 23.1 Å². The number of anilines is 1. The van der Waals surface area contributed by atoms with Gasteiger partial charge in [-0.15, -0.1) is 0 Å². The van der Waals surface area contributed by atoms with Crippen LogP contribution in [-0.2, 0) is 14.3 Å². The van der Waals surface area contributed by atoms with Crippen LogP contribution in [0.15, 0.2) is 34.8 Å². The number of nitrogens with one attached hydrogen (secondary N) is 1. The fraction of sp³-hybridized carbons (Fsp3) is 0.429. The van der Waals surface area contributed by atoms with Crippen LogP contribution in [0.25, 0.3) is 11.7 Å². The number of pyridine rings is 1. The summed E-state index contributed by atoms with van der Waals surface area (Å²) in [7, 11) is 0. The maximum Gasteiger partial charge on any atom is 0.267 e. The Kier molecular flexibility index (Phi) is 6.07. The average molecular weight is 409 g/mol. The molecule has 2 saturated heterocycles. The van der Waals surface area contributed by atoms with Gasteiger partial charge in [0.25, 0.3) is 11.5 Å². The Balaban J connectivity index is 1.71. The molecule has 1 unspecified atom stereocenters. The zero-order chi connectivity index (χ0) is 20.9. The molecule has 4 rings (SSSR count). The Bertz CT molecular complexity index is 1060. The van der Waals surface area contributed by atoms with Crippen molar-refractivity contribution < 1.29 is 14.3 Å². The molecule has 1 atom stereocenters. The highest BCUT2D eigenvalue weighted by molar-refractivity contribution is 6.02. The Morgan fingerprint density at radius 1 is 1.33 bits per heavy atom. The third kappa shape index (κ3) is 4.20. The van der Waals surface area contributed by atoms with Crippen LogP contribution in [0.4, 0.5) is 5.82 Å². The first kappa shape index (κ1) is 20.1. The van der Waals surface area contributed by atoms with E-state index in [1.54, 1.807) is 24.4 Å². The van der Waals surface area contributed by atoms with E-state index in [9.17, 15) is 14.9 Å². The largest absolute Gasteiger partial charge is 0.378 e. The summed E-state index contributed by atoms with van der Waals surface area (Å²) in [6, 6.07) is 7.21. The van der Waals surface area contributed by atoms with Crippen molar-refractivity contribution in [1.29, 1.82) is 5.26 Å². The van der Waals surface area contributed by atoms with Gasteiger partial charge in [-0.1, -0.05) is 6.07 Å². The van der Waals surface area contributed by atoms with Crippen LogP contribution in [-0.4, -0.2) is 60.9 Å². The summed E-state index contributed by atoms with van der Waals surface area (Å²) in [4.78, 5) is 32.4. The van der Waals surface area contributed by atoms with Crippen LogP contribution in [0.1, 0.15) is 18.4 Å². The number of nitriles is 1. The summed E-state index contributed by atoms with van der Waals surface area (Å²) in [5, 5.41) is 12.3. The Morgan fingerprint density at radius 3 is 2.90 bits per heavy atom. The van der Waals surface area contributed by atoms with E-state index in [1.807, 2.05) is 11.0 Å². The minimum Gasteiger partial charge on any atom is -0.378 e. The molecule has 4 heterocycles. The molecule has 0 aliphatic carbocycles. The fourth-order valence-corrected chi connectivity index (χ4v) is 3.63. The van der Waals surface area contributed by atoms with Crippen molar-refractivity contribution in [2.45, 2.75) is 18.9 Å². The van der Waals surface area contributed by atoms with Crippen molar-refractivity contribution in [2.24, 2.45) is 0 Å². The average Bonchev–Trinajstić information content (AvgIpc) is 3.31. The van der Waals surface area contributed by atoms with E-state index in [0.717, 1.165) is 12.8 Å². The van der Waals surface area contributed by atoms with Crippen LogP contribution in [0.5, 0.6) is 0 Å². The van der Waals surface area contributed by atoms with Crippen molar-refractivity contribution in [1.82, 2.24) is 14.7 Å². The Morgan fingerprint density at radius 2 is 2.17 bits per heavy atom. The lowest BCUT2D eigenvalue weighted by atomic mass is 10.1. The number of aromatic nitrogens is 2. The maximum atomic E-state index is 13.2. The lowest BCUT2D eigenvalue weighted by Gasteiger charge is -2.29. The van der Waals surface area contributed by atoms with Crippen molar-refractivity contribution in [2.75, 3.05) is 44.4 Å². The number of hydrogen-bond donors (Lipinski definition) is 1. The van der Waals surface area contributed by atoms with Gasteiger partial charge in [0.2, 0.25) is 0 Å². The first-order chi connectivity index (χ1) is 14.7. The second-order valence-corrected chi connectivity index (χ2v) is 7.20. The lowest BCUT2D eigenvalue weighted by Crippen LogP contribution is -2.39. The van der Waals surface area contributed by atoms with E-state index in [4.69, 9.17) is 9.47 Å². The van der Waals surface area contributed by atoms with Gasteiger partial charge in [-0.3, -0.25) is 14.0 Å². The molecule has 2 aromatic heterocycles. The third-order valence-corrected chi connectivity index (χ3v) is 5.23. The van der Waals surface area contributed by atoms with E-state index >= 15 is 0 Å². The number of amides is 1. The molecule has 30 heavy (non-hydrogen) atoms. The van der Waals surface area contributed by atoms with Crippen LogP contribution < -0.4 is 15.8 Å². The van der Waals surface area contributed by atoms with Crippen molar-refractivity contribution in [3.8, 4) is 6.07 Å². The summed E-state index contributed by atoms with van der Waals surface area (Å²) < 4.78 is 12.3. The fourth-order valence-electron chi connectivity index (χ4n) is 3.63. The SMILES string of the molecule is N#CC(=Cc1c(N2CCOCC2)nc2ccccn2c1=O)C(=O)NCC1CCCO1. The van der Waals surface area contributed by atoms with Crippen molar-refractivity contribution >= 4 is 23.4 Å². The van der Waals surface area contributed by atoms with E-state index in [0.29, 0.717) is 50.9 Å². The number of carbonyl (C=O) groups is 1. The smallest absolute Gasteiger partial charge is 0.267 e. The highest BCUT2D eigenvalue weighted by Crippen LogP contribution is 2.20. The van der Waals surface area contributed by atoms with Gasteiger partial charge >= 0.3 is 0 Å². The minimum atomic E-state index is -0.529. The highest BCUT2D eigenvalue weighted by Gasteiger charge is 2.22. The molecule has 0 bridgehead atoms. The molecule has 156 valence electrons. The standard InChI is InChI=1S/C21H23N5O4/c22-13-15(20(27)23-14-16-4-3-9-30-16)12-17-19(25-7-10-29-11-8-25)24-18-5-1-2-6-26(18)21(17)28/h1-2,5-6,12,16H,3-4,7-11,14H2,(H,23,27). The molecule has 0 aromatic carbocycles. The summed E-state index contributed by atoms with van der Waals surface area (Å²) in [6.45, 7) is 3.21. The second-order valence-electron chi connectivity index (χ2n) is 7.20. The molecular formula is C21H23N5O4. The molecule has 9 heteroatoms. The van der Waals surface area contributed by atoms with Gasteiger partial charge < -0.3 is 19.7 Å². The lowest BCUT2D eigenvalue weighted by molar-refractivity contribution is -0.117. The number of carbonyl (C=O) groups excluding carboxylic acids is 1. The minimum absolute atomic E-state index is 0.0363. The number of rotatable bonds is 5. The molecular weight excluding hydrogens is 386 g/mol. The predicted octanol–water partition coefficient (Wildman–Crippen LogP) is 0.733. The zero-order valence-corrected chi connectivity index (χ0v) is 16.5. The zero-order valence-electron chi connectivity index (χ0n) is 16.5. The topological polar surface area (TPSA) is 109 Å². The normalized spacial score (nSPS) is 19.6. The second kappa shape index (κ2) is 9.07. The van der Waals surface area contributed by atoms with Crippen LogP contribution in [0, 0.1) is 11.3 Å². The number of ether oxygens (including phenoxy) is 2. The molecule has 0 spiro atoms. The summed E-state index contributed by atoms with van der Waals surface area (Å²) in [6.07, 6.45) is 4.76. The highest BCUT2D eigenvalue weighted by atomic mass is 16.5. The molecule has 0 radical (unpaired) electrons. The number of fused-ring (bicyclic) bond motifs is 1. The molecule has 1 amide bonds. The molecule has 2 aliphatic heterocycles. The Labute approximate surface area is 173 Å². The predicted molar refractivity (Wildman–Crippen MR) is 110 cm³/mol. The summed E-state index contributed by atoms with van der Waals surface area (Å²) in [5.41, 5.74) is 0.242. The van der Waals surface area contributed by atoms with Gasteiger partial charge in [-0.2, -0.15) is 5.26 Å². The first-order valence-electron chi connectivity index (χ1n) is 10.0. The molecule has 2 aromatic rings. The number of morpholine rings is 1. The number of nitrogens with zero attached hydrogens (tertiary/aromatic N) is 4. The molecule has 2 fully saturated rings. The van der Waals surface area contributed by atoms with E-state index in [-0.39, 0.29) is 22.8 Å². The summed E-state index contributed by atoms with van der Waals surface area (Å²) >= 11 is 0. The van der Waals surface area contributed by atoms with Gasteiger partial charge in [-0.25, -0.2) is 4.98 Å². The van der Waals surface area contributed by atoms with Crippen LogP contribution in [0.3, 0.4) is 0 Å². The summed E-state index contributed by atoms with van der Waals surface area (Å²) in [5.74, 6) is -0.0762. The van der Waals surface area contributed by atoms with Gasteiger partial charge in [0, 0.05) is 32.4 Å². The van der Waals surface area contributed by atoms with E-state index < -0.39 is 5.91 Å². The van der Waals surface area contributed by atoms with Gasteiger partial charge in [0.15, 0.2) is 0 Å². The molecule has 2 aliphatic rings.